The molecule has 1 N–H and O–H groups in total. The molecule has 0 spiro atoms. The van der Waals surface area contributed by atoms with E-state index in [2.05, 4.69) is 10.00 Å². The molecule has 25 heavy (non-hydrogen) atoms. The average Bonchev–Trinajstić information content (AvgIpc) is 3.14. The molecular formula is C18H24N4O3. The molecule has 0 aliphatic carbocycles. The second-order valence-electron chi connectivity index (χ2n) is 6.83. The van der Waals surface area contributed by atoms with Crippen molar-refractivity contribution >= 4 is 5.69 Å². The number of aliphatic hydroxyl groups excluding tert-OH is 1. The zero-order valence-electron chi connectivity index (χ0n) is 14.6. The van der Waals surface area contributed by atoms with E-state index in [9.17, 15) is 15.2 Å². The van der Waals surface area contributed by atoms with Gasteiger partial charge in [-0.15, -0.1) is 0 Å². The Morgan fingerprint density at radius 3 is 2.76 bits per heavy atom. The SMILES string of the molecule is C[C@H](O)C[C@H]1CCCN1Cc1cn(C)nc1-c1ccc([N+](=O)[O-])cc1. The molecule has 2 heterocycles. The summed E-state index contributed by atoms with van der Waals surface area (Å²) < 4.78 is 1.78. The summed E-state index contributed by atoms with van der Waals surface area (Å²) >= 11 is 0. The van der Waals surface area contributed by atoms with Gasteiger partial charge in [0.15, 0.2) is 0 Å². The van der Waals surface area contributed by atoms with E-state index in [1.165, 1.54) is 12.1 Å². The average molecular weight is 344 g/mol. The molecule has 2 atom stereocenters. The monoisotopic (exact) mass is 344 g/mol. The van der Waals surface area contributed by atoms with E-state index in [1.807, 2.05) is 20.2 Å². The summed E-state index contributed by atoms with van der Waals surface area (Å²) in [7, 11) is 1.88. The van der Waals surface area contributed by atoms with Gasteiger partial charge in [-0.1, -0.05) is 0 Å². The van der Waals surface area contributed by atoms with Crippen LogP contribution in [0.25, 0.3) is 11.3 Å². The van der Waals surface area contributed by atoms with Gasteiger partial charge >= 0.3 is 0 Å². The van der Waals surface area contributed by atoms with Crippen LogP contribution in [0.1, 0.15) is 31.7 Å². The molecule has 1 aromatic carbocycles. The summed E-state index contributed by atoms with van der Waals surface area (Å²) in [5.74, 6) is 0. The van der Waals surface area contributed by atoms with E-state index in [4.69, 9.17) is 0 Å². The molecule has 7 nitrogen and oxygen atoms in total. The van der Waals surface area contributed by atoms with Gasteiger partial charge in [0, 0.05) is 49.1 Å². The van der Waals surface area contributed by atoms with E-state index in [0.717, 1.165) is 49.2 Å². The lowest BCUT2D eigenvalue weighted by atomic mass is 10.1. The molecule has 0 saturated carbocycles. The lowest BCUT2D eigenvalue weighted by Gasteiger charge is -2.25. The molecule has 3 rings (SSSR count). The van der Waals surface area contributed by atoms with Crippen molar-refractivity contribution in [2.45, 2.75) is 44.9 Å². The molecule has 1 aliphatic rings. The largest absolute Gasteiger partial charge is 0.393 e. The van der Waals surface area contributed by atoms with Gasteiger partial charge in [-0.2, -0.15) is 5.10 Å². The number of benzene rings is 1. The van der Waals surface area contributed by atoms with Crippen molar-refractivity contribution in [1.29, 1.82) is 0 Å². The first kappa shape index (κ1) is 17.6. The molecule has 134 valence electrons. The quantitative estimate of drug-likeness (QED) is 0.643. The van der Waals surface area contributed by atoms with Crippen molar-refractivity contribution in [3.05, 3.63) is 46.1 Å². The van der Waals surface area contributed by atoms with E-state index < -0.39 is 4.92 Å². The van der Waals surface area contributed by atoms with Gasteiger partial charge in [0.2, 0.25) is 0 Å². The van der Waals surface area contributed by atoms with Gasteiger partial charge < -0.3 is 5.11 Å². The van der Waals surface area contributed by atoms with Crippen LogP contribution in [0, 0.1) is 10.1 Å². The van der Waals surface area contributed by atoms with Gasteiger partial charge in [0.05, 0.1) is 16.7 Å². The number of non-ortho nitro benzene ring substituents is 1. The highest BCUT2D eigenvalue weighted by molar-refractivity contribution is 5.64. The van der Waals surface area contributed by atoms with Crippen LogP contribution in [0.15, 0.2) is 30.5 Å². The molecule has 7 heteroatoms. The Bertz CT molecular complexity index is 739. The number of aliphatic hydroxyl groups is 1. The summed E-state index contributed by atoms with van der Waals surface area (Å²) in [5.41, 5.74) is 2.93. The Morgan fingerprint density at radius 2 is 2.12 bits per heavy atom. The number of aromatic nitrogens is 2. The van der Waals surface area contributed by atoms with Gasteiger partial charge in [-0.05, 0) is 44.9 Å². The predicted molar refractivity (Wildman–Crippen MR) is 95.0 cm³/mol. The maximum atomic E-state index is 10.8. The smallest absolute Gasteiger partial charge is 0.269 e. The van der Waals surface area contributed by atoms with E-state index in [-0.39, 0.29) is 11.8 Å². The first-order valence-electron chi connectivity index (χ1n) is 8.63. The first-order chi connectivity index (χ1) is 11.9. The van der Waals surface area contributed by atoms with Crippen LogP contribution in [0.3, 0.4) is 0 Å². The lowest BCUT2D eigenvalue weighted by Crippen LogP contribution is -2.31. The Balaban J connectivity index is 1.82. The topological polar surface area (TPSA) is 84.4 Å². The maximum Gasteiger partial charge on any atom is 0.269 e. The highest BCUT2D eigenvalue weighted by Gasteiger charge is 2.27. The highest BCUT2D eigenvalue weighted by Crippen LogP contribution is 2.29. The van der Waals surface area contributed by atoms with Crippen molar-refractivity contribution in [3.8, 4) is 11.3 Å². The summed E-state index contributed by atoms with van der Waals surface area (Å²) in [5, 5.41) is 25.1. The number of nitro benzene ring substituents is 1. The molecular weight excluding hydrogens is 320 g/mol. The standard InChI is InChI=1S/C18H24N4O3/c1-13(23)10-17-4-3-9-21(17)12-15-11-20(2)19-18(15)14-5-7-16(8-6-14)22(24)25/h5-8,11,13,17,23H,3-4,9-10,12H2,1-2H3/t13-,17+/m0/s1. The third-order valence-electron chi connectivity index (χ3n) is 4.74. The number of nitro groups is 1. The fraction of sp³-hybridized carbons (Fsp3) is 0.500. The summed E-state index contributed by atoms with van der Waals surface area (Å²) in [6, 6.07) is 6.92. The number of likely N-dealkylation sites (tertiary alicyclic amines) is 1. The number of hydrogen-bond donors (Lipinski definition) is 1. The van der Waals surface area contributed by atoms with E-state index in [0.29, 0.717) is 6.04 Å². The summed E-state index contributed by atoms with van der Waals surface area (Å²) in [6.07, 6.45) is 4.75. The normalized spacial score (nSPS) is 19.2. The third-order valence-corrected chi connectivity index (χ3v) is 4.74. The lowest BCUT2D eigenvalue weighted by molar-refractivity contribution is -0.384. The van der Waals surface area contributed by atoms with E-state index in [1.54, 1.807) is 16.8 Å². The van der Waals surface area contributed by atoms with Crippen molar-refractivity contribution in [3.63, 3.8) is 0 Å². The summed E-state index contributed by atoms with van der Waals surface area (Å²) in [6.45, 7) is 3.63. The Morgan fingerprint density at radius 1 is 1.40 bits per heavy atom. The number of hydrogen-bond acceptors (Lipinski definition) is 5. The molecule has 2 aromatic rings. The molecule has 0 bridgehead atoms. The van der Waals surface area contributed by atoms with Crippen molar-refractivity contribution in [2.75, 3.05) is 6.54 Å². The van der Waals surface area contributed by atoms with Crippen LogP contribution in [-0.2, 0) is 13.6 Å². The van der Waals surface area contributed by atoms with Crippen molar-refractivity contribution in [1.82, 2.24) is 14.7 Å². The molecule has 1 fully saturated rings. The Hall–Kier alpha value is -2.25. The highest BCUT2D eigenvalue weighted by atomic mass is 16.6. The minimum absolute atomic E-state index is 0.0813. The minimum Gasteiger partial charge on any atom is -0.393 e. The number of rotatable bonds is 6. The van der Waals surface area contributed by atoms with Crippen molar-refractivity contribution in [2.24, 2.45) is 7.05 Å². The van der Waals surface area contributed by atoms with Gasteiger partial charge in [-0.3, -0.25) is 19.7 Å². The molecule has 0 unspecified atom stereocenters. The fourth-order valence-electron chi connectivity index (χ4n) is 3.62. The van der Waals surface area contributed by atoms with Crippen molar-refractivity contribution < 1.29 is 10.0 Å². The number of nitrogens with zero attached hydrogens (tertiary/aromatic N) is 4. The maximum absolute atomic E-state index is 10.8. The van der Waals surface area contributed by atoms with Crippen LogP contribution in [0.4, 0.5) is 5.69 Å². The van der Waals surface area contributed by atoms with E-state index >= 15 is 0 Å². The third kappa shape index (κ3) is 4.05. The molecule has 1 aliphatic heterocycles. The molecule has 0 amide bonds. The fourth-order valence-corrected chi connectivity index (χ4v) is 3.62. The second-order valence-corrected chi connectivity index (χ2v) is 6.83. The van der Waals surface area contributed by atoms with Gasteiger partial charge in [-0.25, -0.2) is 0 Å². The van der Waals surface area contributed by atoms with Gasteiger partial charge in [0.25, 0.3) is 5.69 Å². The zero-order valence-corrected chi connectivity index (χ0v) is 14.6. The van der Waals surface area contributed by atoms with Gasteiger partial charge in [0.1, 0.15) is 0 Å². The zero-order chi connectivity index (χ0) is 18.0. The molecule has 1 aromatic heterocycles. The predicted octanol–water partition coefficient (Wildman–Crippen LogP) is 2.73. The van der Waals surface area contributed by atoms with Crippen LogP contribution in [0.2, 0.25) is 0 Å². The Labute approximate surface area is 147 Å². The van der Waals surface area contributed by atoms with Crippen LogP contribution in [0.5, 0.6) is 0 Å². The molecule has 1 saturated heterocycles. The number of aryl methyl sites for hydroxylation is 1. The molecule has 0 radical (unpaired) electrons. The first-order valence-corrected chi connectivity index (χ1v) is 8.63. The van der Waals surface area contributed by atoms with Crippen LogP contribution < -0.4 is 0 Å². The minimum atomic E-state index is -0.395. The van der Waals surface area contributed by atoms with Crippen LogP contribution >= 0.6 is 0 Å². The van der Waals surface area contributed by atoms with Crippen LogP contribution in [-0.4, -0.2) is 43.4 Å². The Kier molecular flexibility index (Phi) is 5.15. The summed E-state index contributed by atoms with van der Waals surface area (Å²) in [4.78, 5) is 12.8. The second kappa shape index (κ2) is 7.33.